The molecule has 148 valence electrons. The van der Waals surface area contributed by atoms with Crippen LogP contribution in [0.5, 0.6) is 0 Å². The molecular weight excluding hydrogens is 364 g/mol. The van der Waals surface area contributed by atoms with E-state index < -0.39 is 0 Å². The van der Waals surface area contributed by atoms with Gasteiger partial charge in [-0.15, -0.1) is 0 Å². The molecular formula is C22H24N6O. The van der Waals surface area contributed by atoms with Gasteiger partial charge in [0.2, 0.25) is 5.95 Å². The number of nitriles is 1. The third-order valence-corrected chi connectivity index (χ3v) is 6.30. The first-order valence-electron chi connectivity index (χ1n) is 10.3. The average molecular weight is 388 g/mol. The van der Waals surface area contributed by atoms with Crippen molar-refractivity contribution < 1.29 is 4.79 Å². The highest BCUT2D eigenvalue weighted by atomic mass is 16.2. The summed E-state index contributed by atoms with van der Waals surface area (Å²) < 4.78 is 0. The van der Waals surface area contributed by atoms with Gasteiger partial charge < -0.3 is 14.7 Å². The molecule has 2 aliphatic heterocycles. The van der Waals surface area contributed by atoms with E-state index in [9.17, 15) is 4.79 Å². The number of nitrogens with zero attached hydrogens (tertiary/aromatic N) is 6. The van der Waals surface area contributed by atoms with Crippen LogP contribution < -0.4 is 4.90 Å². The van der Waals surface area contributed by atoms with Crippen LogP contribution >= 0.6 is 0 Å². The minimum absolute atomic E-state index is 0.0167. The smallest absolute Gasteiger partial charge is 0.253 e. The van der Waals surface area contributed by atoms with Gasteiger partial charge in [0.05, 0.1) is 6.04 Å². The number of carbonyl (C=O) groups is 1. The Kier molecular flexibility index (Phi) is 4.35. The zero-order valence-electron chi connectivity index (χ0n) is 16.6. The molecule has 29 heavy (non-hydrogen) atoms. The Labute approximate surface area is 170 Å². The molecule has 0 bridgehead atoms. The summed E-state index contributed by atoms with van der Waals surface area (Å²) in [5.41, 5.74) is 4.10. The number of carbonyl (C=O) groups excluding carboxylic acids is 1. The molecule has 1 aromatic carbocycles. The summed E-state index contributed by atoms with van der Waals surface area (Å²) >= 11 is 0. The normalized spacial score (nSPS) is 20.5. The second-order valence-corrected chi connectivity index (χ2v) is 8.21. The number of fused-ring (bicyclic) bond motifs is 1. The summed E-state index contributed by atoms with van der Waals surface area (Å²) in [7, 11) is 1.84. The SMILES string of the molecule is CN(C(=O)c1ccc2c(c1)CCN2c1nccc(C2CC2)n1)C1CCN(C#N)C1. The monoisotopic (exact) mass is 388 g/mol. The number of benzene rings is 1. The van der Waals surface area contributed by atoms with E-state index in [2.05, 4.69) is 16.1 Å². The number of likely N-dealkylation sites (N-methyl/N-ethyl adjacent to an activating group) is 1. The summed E-state index contributed by atoms with van der Waals surface area (Å²) in [6, 6.07) is 8.04. The van der Waals surface area contributed by atoms with E-state index in [4.69, 9.17) is 10.2 Å². The molecule has 7 heteroatoms. The van der Waals surface area contributed by atoms with Gasteiger partial charge in [-0.1, -0.05) is 0 Å². The third kappa shape index (κ3) is 3.29. The minimum atomic E-state index is 0.0167. The van der Waals surface area contributed by atoms with Crippen LogP contribution in [0.4, 0.5) is 11.6 Å². The molecule has 0 radical (unpaired) electrons. The molecule has 1 saturated heterocycles. The zero-order chi connectivity index (χ0) is 20.0. The highest BCUT2D eigenvalue weighted by Crippen LogP contribution is 2.40. The predicted octanol–water partition coefficient (Wildman–Crippen LogP) is 2.68. The largest absolute Gasteiger partial charge is 0.337 e. The molecule has 7 nitrogen and oxygen atoms in total. The lowest BCUT2D eigenvalue weighted by atomic mass is 10.1. The van der Waals surface area contributed by atoms with E-state index >= 15 is 0 Å². The Hall–Kier alpha value is -3.14. The van der Waals surface area contributed by atoms with Crippen LogP contribution in [0, 0.1) is 11.5 Å². The quantitative estimate of drug-likeness (QED) is 0.750. The molecule has 2 fully saturated rings. The number of hydrogen-bond acceptors (Lipinski definition) is 6. The van der Waals surface area contributed by atoms with Gasteiger partial charge in [0.25, 0.3) is 5.91 Å². The summed E-state index contributed by atoms with van der Waals surface area (Å²) in [5, 5.41) is 9.05. The number of likely N-dealkylation sites (tertiary alicyclic amines) is 1. The van der Waals surface area contributed by atoms with Gasteiger partial charge in [0.15, 0.2) is 6.19 Å². The van der Waals surface area contributed by atoms with Crippen molar-refractivity contribution in [1.29, 1.82) is 5.26 Å². The fourth-order valence-corrected chi connectivity index (χ4v) is 4.36. The topological polar surface area (TPSA) is 76.4 Å². The standard InChI is InChI=1S/C22H24N6O/c1-26(18-8-10-27(13-18)14-23)21(29)17-4-5-20-16(12-17)7-11-28(20)22-24-9-6-19(25-22)15-2-3-15/h4-6,9,12,15,18H,2-3,7-8,10-11,13H2,1H3. The van der Waals surface area contributed by atoms with Crippen molar-refractivity contribution in [3.05, 3.63) is 47.3 Å². The Morgan fingerprint density at radius 3 is 2.86 bits per heavy atom. The van der Waals surface area contributed by atoms with Crippen LogP contribution in [0.2, 0.25) is 0 Å². The Bertz CT molecular complexity index is 995. The molecule has 1 amide bonds. The second-order valence-electron chi connectivity index (χ2n) is 8.21. The van der Waals surface area contributed by atoms with Gasteiger partial charge in [-0.05, 0) is 55.5 Å². The number of rotatable bonds is 4. The first-order chi connectivity index (χ1) is 14.1. The average Bonchev–Trinajstić information content (AvgIpc) is 3.35. The van der Waals surface area contributed by atoms with Crippen LogP contribution in [0.25, 0.3) is 0 Å². The van der Waals surface area contributed by atoms with Crippen LogP contribution in [0.1, 0.15) is 46.8 Å². The molecule has 1 saturated carbocycles. The van der Waals surface area contributed by atoms with Gasteiger partial charge in [0, 0.05) is 55.7 Å². The van der Waals surface area contributed by atoms with E-state index in [-0.39, 0.29) is 11.9 Å². The Morgan fingerprint density at radius 2 is 2.10 bits per heavy atom. The van der Waals surface area contributed by atoms with Crippen LogP contribution in [-0.4, -0.2) is 58.4 Å². The molecule has 3 heterocycles. The Morgan fingerprint density at radius 1 is 1.24 bits per heavy atom. The maximum absolute atomic E-state index is 13.0. The minimum Gasteiger partial charge on any atom is -0.337 e. The molecule has 5 rings (SSSR count). The third-order valence-electron chi connectivity index (χ3n) is 6.30. The van der Waals surface area contributed by atoms with E-state index in [1.54, 1.807) is 9.80 Å². The fourth-order valence-electron chi connectivity index (χ4n) is 4.36. The molecule has 1 unspecified atom stereocenters. The number of anilines is 2. The van der Waals surface area contributed by atoms with Gasteiger partial charge in [-0.25, -0.2) is 9.97 Å². The molecule has 0 spiro atoms. The lowest BCUT2D eigenvalue weighted by Crippen LogP contribution is -2.38. The van der Waals surface area contributed by atoms with Crippen molar-refractivity contribution in [2.75, 3.05) is 31.6 Å². The summed E-state index contributed by atoms with van der Waals surface area (Å²) in [5.74, 6) is 1.37. The summed E-state index contributed by atoms with van der Waals surface area (Å²) in [6.07, 6.45) is 8.19. The van der Waals surface area contributed by atoms with Crippen LogP contribution in [-0.2, 0) is 6.42 Å². The zero-order valence-corrected chi connectivity index (χ0v) is 16.6. The van der Waals surface area contributed by atoms with Gasteiger partial charge in [-0.2, -0.15) is 5.26 Å². The van der Waals surface area contributed by atoms with Crippen molar-refractivity contribution in [2.45, 2.75) is 37.6 Å². The van der Waals surface area contributed by atoms with Gasteiger partial charge >= 0.3 is 0 Å². The van der Waals surface area contributed by atoms with E-state index in [0.717, 1.165) is 48.8 Å². The van der Waals surface area contributed by atoms with Crippen molar-refractivity contribution in [3.63, 3.8) is 0 Å². The number of hydrogen-bond donors (Lipinski definition) is 0. The molecule has 1 aromatic heterocycles. The molecule has 0 N–H and O–H groups in total. The molecule has 2 aromatic rings. The second kappa shape index (κ2) is 7.03. The molecule has 3 aliphatic rings. The molecule has 1 atom stereocenters. The van der Waals surface area contributed by atoms with E-state index in [0.29, 0.717) is 18.0 Å². The summed E-state index contributed by atoms with van der Waals surface area (Å²) in [6.45, 7) is 2.17. The number of aromatic nitrogens is 2. The van der Waals surface area contributed by atoms with Crippen molar-refractivity contribution in [2.24, 2.45) is 0 Å². The van der Waals surface area contributed by atoms with E-state index in [1.807, 2.05) is 37.5 Å². The molecule has 1 aliphatic carbocycles. The van der Waals surface area contributed by atoms with Crippen molar-refractivity contribution in [3.8, 4) is 6.19 Å². The van der Waals surface area contributed by atoms with Crippen LogP contribution in [0.15, 0.2) is 30.5 Å². The first-order valence-corrected chi connectivity index (χ1v) is 10.3. The number of amides is 1. The maximum atomic E-state index is 13.0. The Balaban J connectivity index is 1.35. The fraction of sp³-hybridized carbons (Fsp3) is 0.455. The van der Waals surface area contributed by atoms with Crippen LogP contribution in [0.3, 0.4) is 0 Å². The van der Waals surface area contributed by atoms with Gasteiger partial charge in [0.1, 0.15) is 0 Å². The first kappa shape index (κ1) is 17.9. The lowest BCUT2D eigenvalue weighted by molar-refractivity contribution is 0.0739. The maximum Gasteiger partial charge on any atom is 0.253 e. The predicted molar refractivity (Wildman–Crippen MR) is 109 cm³/mol. The van der Waals surface area contributed by atoms with Crippen molar-refractivity contribution in [1.82, 2.24) is 19.8 Å². The van der Waals surface area contributed by atoms with E-state index in [1.165, 1.54) is 12.8 Å². The summed E-state index contributed by atoms with van der Waals surface area (Å²) in [4.78, 5) is 27.9. The van der Waals surface area contributed by atoms with Crippen molar-refractivity contribution >= 4 is 17.5 Å². The highest BCUT2D eigenvalue weighted by Gasteiger charge is 2.30. The van der Waals surface area contributed by atoms with Gasteiger partial charge in [-0.3, -0.25) is 4.79 Å². The lowest BCUT2D eigenvalue weighted by Gasteiger charge is -2.24. The highest BCUT2D eigenvalue weighted by molar-refractivity contribution is 5.95.